The molecule has 1 aromatic heterocycles. The number of unbranched alkanes of at least 4 members (excludes halogenated alkanes) is 1. The molecule has 1 heterocycles. The molecule has 0 aromatic carbocycles. The number of nitrogens with one attached hydrogen (secondary N) is 2. The molecule has 0 aliphatic heterocycles. The lowest BCUT2D eigenvalue weighted by Gasteiger charge is -2.18. The average Bonchev–Trinajstić information content (AvgIpc) is 2.94. The molecule has 0 saturated carbocycles. The number of aliphatic imine (C=N–C) groups is 1. The van der Waals surface area contributed by atoms with Gasteiger partial charge in [0.05, 0.1) is 6.20 Å². The summed E-state index contributed by atoms with van der Waals surface area (Å²) in [4.78, 5) is 4.30. The Labute approximate surface area is 135 Å². The maximum atomic E-state index is 4.30. The van der Waals surface area contributed by atoms with E-state index < -0.39 is 0 Å². The van der Waals surface area contributed by atoms with Gasteiger partial charge in [0.25, 0.3) is 0 Å². The van der Waals surface area contributed by atoms with Crippen LogP contribution in [0, 0.1) is 12.8 Å². The molecule has 0 saturated heterocycles. The summed E-state index contributed by atoms with van der Waals surface area (Å²) in [6.45, 7) is 9.44. The summed E-state index contributed by atoms with van der Waals surface area (Å²) in [6.07, 6.45) is 10.1. The molecule has 0 fully saturated rings. The van der Waals surface area contributed by atoms with Crippen LogP contribution in [0.25, 0.3) is 0 Å². The number of nitrogens with zero attached hydrogens (tertiary/aromatic N) is 3. The van der Waals surface area contributed by atoms with Gasteiger partial charge in [-0.25, -0.2) is 0 Å². The molecule has 0 spiro atoms. The van der Waals surface area contributed by atoms with Crippen LogP contribution in [-0.4, -0.2) is 35.9 Å². The van der Waals surface area contributed by atoms with Crippen LogP contribution in [0.4, 0.5) is 0 Å². The maximum absolute atomic E-state index is 4.30. The van der Waals surface area contributed by atoms with Crippen molar-refractivity contribution in [2.24, 2.45) is 10.9 Å². The van der Waals surface area contributed by atoms with Crippen molar-refractivity contribution < 1.29 is 0 Å². The monoisotopic (exact) mass is 307 g/mol. The smallest absolute Gasteiger partial charge is 0.190 e. The molecule has 0 bridgehead atoms. The third-order valence-electron chi connectivity index (χ3n) is 3.94. The quantitative estimate of drug-likeness (QED) is 0.397. The molecule has 126 valence electrons. The second kappa shape index (κ2) is 11.1. The largest absolute Gasteiger partial charge is 0.356 e. The Balaban J connectivity index is 2.18. The molecule has 1 rings (SSSR count). The molecular formula is C17H33N5. The fourth-order valence-corrected chi connectivity index (χ4v) is 2.44. The Morgan fingerprint density at radius 2 is 2.14 bits per heavy atom. The first-order valence-corrected chi connectivity index (χ1v) is 8.63. The van der Waals surface area contributed by atoms with Crippen LogP contribution >= 0.6 is 0 Å². The van der Waals surface area contributed by atoms with Crippen LogP contribution in [0.5, 0.6) is 0 Å². The lowest BCUT2D eigenvalue weighted by molar-refractivity contribution is 0.443. The van der Waals surface area contributed by atoms with Gasteiger partial charge in [-0.2, -0.15) is 5.10 Å². The maximum Gasteiger partial charge on any atom is 0.190 e. The number of hydrogen-bond donors (Lipinski definition) is 2. The lowest BCUT2D eigenvalue weighted by Crippen LogP contribution is -2.40. The molecule has 1 unspecified atom stereocenters. The van der Waals surface area contributed by atoms with Crippen molar-refractivity contribution in [3.8, 4) is 0 Å². The molecule has 0 radical (unpaired) electrons. The predicted molar refractivity (Wildman–Crippen MR) is 94.3 cm³/mol. The molecule has 1 aromatic rings. The van der Waals surface area contributed by atoms with Crippen molar-refractivity contribution in [2.45, 2.75) is 59.4 Å². The number of rotatable bonds is 10. The van der Waals surface area contributed by atoms with Gasteiger partial charge in [0.1, 0.15) is 0 Å². The van der Waals surface area contributed by atoms with Crippen LogP contribution in [0.2, 0.25) is 0 Å². The van der Waals surface area contributed by atoms with E-state index in [9.17, 15) is 0 Å². The van der Waals surface area contributed by atoms with Crippen LogP contribution < -0.4 is 10.6 Å². The van der Waals surface area contributed by atoms with E-state index in [0.29, 0.717) is 0 Å². The summed E-state index contributed by atoms with van der Waals surface area (Å²) >= 11 is 0. The first kappa shape index (κ1) is 18.5. The van der Waals surface area contributed by atoms with Crippen molar-refractivity contribution in [1.82, 2.24) is 20.4 Å². The number of aromatic nitrogens is 2. The fraction of sp³-hybridized carbons (Fsp3) is 0.765. The van der Waals surface area contributed by atoms with Crippen molar-refractivity contribution >= 4 is 5.96 Å². The summed E-state index contributed by atoms with van der Waals surface area (Å²) in [5, 5.41) is 11.1. The molecular weight excluding hydrogens is 274 g/mol. The Morgan fingerprint density at radius 1 is 1.32 bits per heavy atom. The molecule has 5 nitrogen and oxygen atoms in total. The van der Waals surface area contributed by atoms with E-state index in [4.69, 9.17) is 0 Å². The van der Waals surface area contributed by atoms with Gasteiger partial charge in [0.2, 0.25) is 0 Å². The Bertz CT molecular complexity index is 424. The second-order valence-corrected chi connectivity index (χ2v) is 5.93. The molecule has 1 atom stereocenters. The normalized spacial score (nSPS) is 13.2. The van der Waals surface area contributed by atoms with Crippen LogP contribution in [0.1, 0.15) is 51.5 Å². The van der Waals surface area contributed by atoms with Gasteiger partial charge in [-0.15, -0.1) is 0 Å². The van der Waals surface area contributed by atoms with Gasteiger partial charge in [0, 0.05) is 32.9 Å². The summed E-state index contributed by atoms with van der Waals surface area (Å²) in [5.41, 5.74) is 1.21. The van der Waals surface area contributed by atoms with E-state index in [2.05, 4.69) is 47.7 Å². The summed E-state index contributed by atoms with van der Waals surface area (Å²) in [7, 11) is 1.83. The number of aryl methyl sites for hydroxylation is 2. The van der Waals surface area contributed by atoms with Gasteiger partial charge >= 0.3 is 0 Å². The van der Waals surface area contributed by atoms with E-state index in [1.54, 1.807) is 0 Å². The number of hydrogen-bond acceptors (Lipinski definition) is 2. The standard InChI is InChI=1S/C17H33N5/c1-5-7-9-16(6-2)13-20-17(18-4)19-10-8-11-22-14-15(3)12-21-22/h12,14,16H,5-11,13H2,1-4H3,(H2,18,19,20). The van der Waals surface area contributed by atoms with E-state index in [1.165, 1.54) is 31.2 Å². The highest BCUT2D eigenvalue weighted by atomic mass is 15.3. The van der Waals surface area contributed by atoms with E-state index >= 15 is 0 Å². The molecule has 0 amide bonds. The molecule has 2 N–H and O–H groups in total. The first-order chi connectivity index (χ1) is 10.7. The van der Waals surface area contributed by atoms with Crippen molar-refractivity contribution in [3.63, 3.8) is 0 Å². The highest BCUT2D eigenvalue weighted by Crippen LogP contribution is 2.10. The number of guanidine groups is 1. The minimum absolute atomic E-state index is 0.741. The highest BCUT2D eigenvalue weighted by molar-refractivity contribution is 5.79. The van der Waals surface area contributed by atoms with E-state index in [1.807, 2.05) is 17.9 Å². The van der Waals surface area contributed by atoms with E-state index in [0.717, 1.165) is 37.9 Å². The van der Waals surface area contributed by atoms with Crippen LogP contribution in [0.3, 0.4) is 0 Å². The Hall–Kier alpha value is -1.52. The highest BCUT2D eigenvalue weighted by Gasteiger charge is 2.06. The van der Waals surface area contributed by atoms with Gasteiger partial charge in [-0.3, -0.25) is 9.67 Å². The second-order valence-electron chi connectivity index (χ2n) is 5.93. The van der Waals surface area contributed by atoms with Crippen LogP contribution in [0.15, 0.2) is 17.4 Å². The van der Waals surface area contributed by atoms with Gasteiger partial charge in [-0.1, -0.05) is 33.1 Å². The van der Waals surface area contributed by atoms with Gasteiger partial charge in [0.15, 0.2) is 5.96 Å². The SMILES string of the molecule is CCCCC(CC)CNC(=NC)NCCCn1cc(C)cn1. The van der Waals surface area contributed by atoms with E-state index in [-0.39, 0.29) is 0 Å². The summed E-state index contributed by atoms with van der Waals surface area (Å²) in [6, 6.07) is 0. The van der Waals surface area contributed by atoms with Gasteiger partial charge in [-0.05, 0) is 31.2 Å². The lowest BCUT2D eigenvalue weighted by atomic mass is 9.99. The topological polar surface area (TPSA) is 54.2 Å². The Kier molecular flexibility index (Phi) is 9.35. The van der Waals surface area contributed by atoms with Crippen molar-refractivity contribution in [3.05, 3.63) is 18.0 Å². The fourth-order valence-electron chi connectivity index (χ4n) is 2.44. The summed E-state index contributed by atoms with van der Waals surface area (Å²) < 4.78 is 1.99. The molecule has 5 heteroatoms. The molecule has 22 heavy (non-hydrogen) atoms. The third kappa shape index (κ3) is 7.48. The zero-order valence-electron chi connectivity index (χ0n) is 14.7. The first-order valence-electron chi connectivity index (χ1n) is 8.63. The third-order valence-corrected chi connectivity index (χ3v) is 3.94. The minimum Gasteiger partial charge on any atom is -0.356 e. The minimum atomic E-state index is 0.741. The average molecular weight is 307 g/mol. The predicted octanol–water partition coefficient (Wildman–Crippen LogP) is 2.96. The Morgan fingerprint density at radius 3 is 2.73 bits per heavy atom. The van der Waals surface area contributed by atoms with Crippen LogP contribution in [-0.2, 0) is 6.54 Å². The van der Waals surface area contributed by atoms with Crippen molar-refractivity contribution in [2.75, 3.05) is 20.1 Å². The molecule has 0 aliphatic rings. The van der Waals surface area contributed by atoms with Crippen molar-refractivity contribution in [1.29, 1.82) is 0 Å². The summed E-state index contributed by atoms with van der Waals surface area (Å²) in [5.74, 6) is 1.65. The zero-order valence-corrected chi connectivity index (χ0v) is 14.7. The van der Waals surface area contributed by atoms with Gasteiger partial charge < -0.3 is 10.6 Å². The molecule has 0 aliphatic carbocycles. The zero-order chi connectivity index (χ0) is 16.2.